The van der Waals surface area contributed by atoms with Gasteiger partial charge in [0.15, 0.2) is 6.10 Å². The Balaban J connectivity index is 1.91. The van der Waals surface area contributed by atoms with Gasteiger partial charge in [0, 0.05) is 5.92 Å². The maximum Gasteiger partial charge on any atom is 0.187 e. The molecule has 1 atom stereocenters. The van der Waals surface area contributed by atoms with Crippen LogP contribution in [-0.2, 0) is 6.42 Å². The number of unbranched alkanes of at least 4 members (excludes halogenated alkanes) is 2. The van der Waals surface area contributed by atoms with Crippen LogP contribution in [0.2, 0.25) is 0 Å². The lowest BCUT2D eigenvalue weighted by Gasteiger charge is -2.12. The van der Waals surface area contributed by atoms with Crippen molar-refractivity contribution in [1.29, 1.82) is 5.26 Å². The molecule has 2 rings (SSSR count). The second-order valence-electron chi connectivity index (χ2n) is 5.11. The van der Waals surface area contributed by atoms with Gasteiger partial charge >= 0.3 is 0 Å². The van der Waals surface area contributed by atoms with Crippen LogP contribution < -0.4 is 4.74 Å². The summed E-state index contributed by atoms with van der Waals surface area (Å²) in [6.45, 7) is 2.21. The lowest BCUT2D eigenvalue weighted by Crippen LogP contribution is -2.16. The molecule has 96 valence electrons. The molecular weight excluding hydrogens is 222 g/mol. The van der Waals surface area contributed by atoms with Gasteiger partial charge in [-0.05, 0) is 43.4 Å². The monoisotopic (exact) mass is 243 g/mol. The number of aryl methyl sites for hydroxylation is 1. The largest absolute Gasteiger partial charge is 0.475 e. The molecular formula is C16H21NO. The van der Waals surface area contributed by atoms with Crippen molar-refractivity contribution in [2.75, 3.05) is 0 Å². The zero-order chi connectivity index (χ0) is 12.8. The molecule has 0 N–H and O–H groups in total. The molecule has 1 aromatic rings. The Bertz CT molecular complexity index is 417. The minimum Gasteiger partial charge on any atom is -0.475 e. The van der Waals surface area contributed by atoms with E-state index in [9.17, 15) is 0 Å². The van der Waals surface area contributed by atoms with Crippen molar-refractivity contribution in [2.24, 2.45) is 5.92 Å². The molecule has 18 heavy (non-hydrogen) atoms. The molecule has 0 amide bonds. The molecule has 0 heterocycles. The SMILES string of the molecule is CCCCCc1cccc(OC(C#N)C2CC2)c1. The first-order valence-corrected chi connectivity index (χ1v) is 6.98. The summed E-state index contributed by atoms with van der Waals surface area (Å²) in [7, 11) is 0. The number of nitrogens with zero attached hydrogens (tertiary/aromatic N) is 1. The Labute approximate surface area is 110 Å². The lowest BCUT2D eigenvalue weighted by atomic mass is 10.1. The molecule has 1 unspecified atom stereocenters. The topological polar surface area (TPSA) is 33.0 Å². The average Bonchev–Trinajstić information content (AvgIpc) is 3.21. The Hall–Kier alpha value is -1.49. The number of hydrogen-bond acceptors (Lipinski definition) is 2. The second kappa shape index (κ2) is 6.44. The van der Waals surface area contributed by atoms with Crippen molar-refractivity contribution in [1.82, 2.24) is 0 Å². The summed E-state index contributed by atoms with van der Waals surface area (Å²) in [6, 6.07) is 10.5. The Morgan fingerprint density at radius 3 is 2.89 bits per heavy atom. The number of benzene rings is 1. The molecule has 1 aromatic carbocycles. The molecule has 0 bridgehead atoms. The summed E-state index contributed by atoms with van der Waals surface area (Å²) in [4.78, 5) is 0. The third-order valence-electron chi connectivity index (χ3n) is 3.41. The van der Waals surface area contributed by atoms with Gasteiger partial charge in [0.2, 0.25) is 0 Å². The van der Waals surface area contributed by atoms with Gasteiger partial charge in [-0.3, -0.25) is 0 Å². The van der Waals surface area contributed by atoms with E-state index in [4.69, 9.17) is 10.00 Å². The van der Waals surface area contributed by atoms with Gasteiger partial charge in [0.25, 0.3) is 0 Å². The Kier molecular flexibility index (Phi) is 4.64. The van der Waals surface area contributed by atoms with Gasteiger partial charge in [0.05, 0.1) is 0 Å². The predicted octanol–water partition coefficient (Wildman–Crippen LogP) is 4.10. The van der Waals surface area contributed by atoms with Gasteiger partial charge < -0.3 is 4.74 Å². The third-order valence-corrected chi connectivity index (χ3v) is 3.41. The van der Waals surface area contributed by atoms with Gasteiger partial charge in [-0.1, -0.05) is 31.9 Å². The molecule has 1 fully saturated rings. The molecule has 0 aromatic heterocycles. The summed E-state index contributed by atoms with van der Waals surface area (Å²) < 4.78 is 5.77. The maximum absolute atomic E-state index is 9.07. The average molecular weight is 243 g/mol. The Morgan fingerprint density at radius 1 is 1.39 bits per heavy atom. The van der Waals surface area contributed by atoms with Crippen LogP contribution in [-0.4, -0.2) is 6.10 Å². The van der Waals surface area contributed by atoms with Crippen LogP contribution in [0.25, 0.3) is 0 Å². The molecule has 2 heteroatoms. The van der Waals surface area contributed by atoms with Crippen LogP contribution in [0.1, 0.15) is 44.6 Å². The molecule has 0 radical (unpaired) electrons. The summed E-state index contributed by atoms with van der Waals surface area (Å²) in [6.07, 6.45) is 6.86. The fourth-order valence-electron chi connectivity index (χ4n) is 2.13. The van der Waals surface area contributed by atoms with Crippen molar-refractivity contribution in [2.45, 2.75) is 51.6 Å². The summed E-state index contributed by atoms with van der Waals surface area (Å²) >= 11 is 0. The fourth-order valence-corrected chi connectivity index (χ4v) is 2.13. The van der Waals surface area contributed by atoms with E-state index in [0.29, 0.717) is 5.92 Å². The summed E-state index contributed by atoms with van der Waals surface area (Å²) in [5, 5.41) is 9.07. The van der Waals surface area contributed by atoms with Crippen LogP contribution in [0.5, 0.6) is 5.75 Å². The second-order valence-corrected chi connectivity index (χ2v) is 5.11. The van der Waals surface area contributed by atoms with E-state index in [0.717, 1.165) is 25.0 Å². The van der Waals surface area contributed by atoms with Crippen molar-refractivity contribution >= 4 is 0 Å². The van der Waals surface area contributed by atoms with Crippen molar-refractivity contribution < 1.29 is 4.74 Å². The third kappa shape index (κ3) is 3.77. The van der Waals surface area contributed by atoms with E-state index >= 15 is 0 Å². The zero-order valence-corrected chi connectivity index (χ0v) is 11.1. The number of ether oxygens (including phenoxy) is 1. The highest BCUT2D eigenvalue weighted by Crippen LogP contribution is 2.34. The highest BCUT2D eigenvalue weighted by Gasteiger charge is 2.32. The van der Waals surface area contributed by atoms with E-state index in [-0.39, 0.29) is 6.10 Å². The van der Waals surface area contributed by atoms with E-state index in [1.165, 1.54) is 24.8 Å². The first-order valence-electron chi connectivity index (χ1n) is 6.98. The first-order chi connectivity index (χ1) is 8.83. The minimum absolute atomic E-state index is 0.254. The van der Waals surface area contributed by atoms with Crippen LogP contribution >= 0.6 is 0 Å². The van der Waals surface area contributed by atoms with Crippen LogP contribution in [0, 0.1) is 17.2 Å². The normalized spacial score (nSPS) is 16.0. The standard InChI is InChI=1S/C16H21NO/c1-2-3-4-6-13-7-5-8-15(11-13)18-16(12-17)14-9-10-14/h5,7-8,11,14,16H,2-4,6,9-10H2,1H3. The molecule has 1 saturated carbocycles. The van der Waals surface area contributed by atoms with Gasteiger partial charge in [-0.25, -0.2) is 0 Å². The fraction of sp³-hybridized carbons (Fsp3) is 0.562. The first kappa shape index (κ1) is 13.0. The van der Waals surface area contributed by atoms with E-state index in [2.05, 4.69) is 25.1 Å². The number of rotatable bonds is 7. The van der Waals surface area contributed by atoms with Crippen molar-refractivity contribution in [3.8, 4) is 11.8 Å². The number of hydrogen-bond donors (Lipinski definition) is 0. The van der Waals surface area contributed by atoms with Crippen LogP contribution in [0.15, 0.2) is 24.3 Å². The van der Waals surface area contributed by atoms with E-state index < -0.39 is 0 Å². The molecule has 0 saturated heterocycles. The minimum atomic E-state index is -0.254. The predicted molar refractivity (Wildman–Crippen MR) is 72.4 cm³/mol. The highest BCUT2D eigenvalue weighted by molar-refractivity contribution is 5.29. The molecule has 1 aliphatic carbocycles. The lowest BCUT2D eigenvalue weighted by molar-refractivity contribution is 0.232. The van der Waals surface area contributed by atoms with Gasteiger partial charge in [0.1, 0.15) is 11.8 Å². The summed E-state index contributed by atoms with van der Waals surface area (Å²) in [5.74, 6) is 1.31. The molecule has 0 spiro atoms. The van der Waals surface area contributed by atoms with E-state index in [1.807, 2.05) is 12.1 Å². The van der Waals surface area contributed by atoms with Crippen LogP contribution in [0.4, 0.5) is 0 Å². The molecule has 1 aliphatic rings. The number of nitriles is 1. The quantitative estimate of drug-likeness (QED) is 0.675. The smallest absolute Gasteiger partial charge is 0.187 e. The Morgan fingerprint density at radius 2 is 2.22 bits per heavy atom. The van der Waals surface area contributed by atoms with Gasteiger partial charge in [-0.2, -0.15) is 5.26 Å². The zero-order valence-electron chi connectivity index (χ0n) is 11.1. The molecule has 0 aliphatic heterocycles. The summed E-state index contributed by atoms with van der Waals surface area (Å²) in [5.41, 5.74) is 1.31. The molecule has 2 nitrogen and oxygen atoms in total. The van der Waals surface area contributed by atoms with Crippen LogP contribution in [0.3, 0.4) is 0 Å². The van der Waals surface area contributed by atoms with Gasteiger partial charge in [-0.15, -0.1) is 0 Å². The van der Waals surface area contributed by atoms with E-state index in [1.54, 1.807) is 0 Å². The maximum atomic E-state index is 9.07. The van der Waals surface area contributed by atoms with Crippen molar-refractivity contribution in [3.63, 3.8) is 0 Å². The highest BCUT2D eigenvalue weighted by atomic mass is 16.5. The van der Waals surface area contributed by atoms with Crippen molar-refractivity contribution in [3.05, 3.63) is 29.8 Å².